The zero-order valence-electron chi connectivity index (χ0n) is 18.5. The molecular weight excluding hydrogens is 531 g/mol. The van der Waals surface area contributed by atoms with Gasteiger partial charge >= 0.3 is 0 Å². The zero-order chi connectivity index (χ0) is 22.0. The van der Waals surface area contributed by atoms with Gasteiger partial charge in [0.1, 0.15) is 15.6 Å². The first-order valence-corrected chi connectivity index (χ1v) is 12.5. The molecule has 1 aliphatic carbocycles. The van der Waals surface area contributed by atoms with Gasteiger partial charge in [0.2, 0.25) is 0 Å². The second-order valence-electron chi connectivity index (χ2n) is 7.75. The molecule has 0 aliphatic heterocycles. The summed E-state index contributed by atoms with van der Waals surface area (Å²) in [6, 6.07) is 8.01. The van der Waals surface area contributed by atoms with E-state index < -0.39 is 9.84 Å². The molecular formula is C21H35IN4O4S. The van der Waals surface area contributed by atoms with Crippen molar-refractivity contribution in [2.45, 2.75) is 51.6 Å². The first-order chi connectivity index (χ1) is 14.2. The average Bonchev–Trinajstić information content (AvgIpc) is 3.49. The molecule has 1 atom stereocenters. The van der Waals surface area contributed by atoms with Gasteiger partial charge in [0.25, 0.3) is 5.91 Å². The third-order valence-corrected chi connectivity index (χ3v) is 5.53. The summed E-state index contributed by atoms with van der Waals surface area (Å²) >= 11 is 0. The molecule has 1 amide bonds. The molecule has 1 aromatic rings. The number of aliphatic imine (C=N–C) groups is 1. The Labute approximate surface area is 202 Å². The smallest absolute Gasteiger partial charge is 0.258 e. The second kappa shape index (κ2) is 13.8. The molecule has 0 heterocycles. The average molecular weight is 567 g/mol. The molecule has 0 spiro atoms. The minimum atomic E-state index is -2.97. The Morgan fingerprint density at radius 1 is 1.26 bits per heavy atom. The minimum Gasteiger partial charge on any atom is -0.484 e. The van der Waals surface area contributed by atoms with E-state index in [2.05, 4.69) is 20.9 Å². The fourth-order valence-electron chi connectivity index (χ4n) is 2.71. The number of guanidine groups is 1. The van der Waals surface area contributed by atoms with Gasteiger partial charge < -0.3 is 20.7 Å². The molecule has 1 saturated carbocycles. The van der Waals surface area contributed by atoms with Gasteiger partial charge in [0.05, 0.1) is 5.75 Å². The fraction of sp³-hybridized carbons (Fsp3) is 0.619. The van der Waals surface area contributed by atoms with Gasteiger partial charge in [0, 0.05) is 31.4 Å². The minimum absolute atomic E-state index is 0. The Hall–Kier alpha value is -1.56. The Bertz CT molecular complexity index is 811. The predicted octanol–water partition coefficient (Wildman–Crippen LogP) is 1.88. The Balaban J connectivity index is 0.00000480. The van der Waals surface area contributed by atoms with Gasteiger partial charge in [-0.25, -0.2) is 8.42 Å². The maximum absolute atomic E-state index is 11.7. The molecule has 1 aromatic carbocycles. The van der Waals surface area contributed by atoms with Crippen LogP contribution in [-0.4, -0.2) is 64.1 Å². The summed E-state index contributed by atoms with van der Waals surface area (Å²) in [5.74, 6) is 1.42. The van der Waals surface area contributed by atoms with Crippen LogP contribution in [0, 0.1) is 0 Å². The highest BCUT2D eigenvalue weighted by Crippen LogP contribution is 2.18. The van der Waals surface area contributed by atoms with E-state index >= 15 is 0 Å². The monoisotopic (exact) mass is 566 g/mol. The van der Waals surface area contributed by atoms with Gasteiger partial charge in [-0.15, -0.1) is 24.0 Å². The van der Waals surface area contributed by atoms with Crippen molar-refractivity contribution >= 4 is 45.7 Å². The first kappa shape index (κ1) is 27.5. The van der Waals surface area contributed by atoms with E-state index in [-0.39, 0.29) is 48.3 Å². The fourth-order valence-corrected chi connectivity index (χ4v) is 3.49. The van der Waals surface area contributed by atoms with Crippen molar-refractivity contribution in [1.29, 1.82) is 0 Å². The van der Waals surface area contributed by atoms with Crippen LogP contribution < -0.4 is 20.7 Å². The number of carbonyl (C=O) groups is 1. The highest BCUT2D eigenvalue weighted by atomic mass is 127. The third kappa shape index (κ3) is 12.8. The molecule has 0 radical (unpaired) electrons. The Kier molecular flexibility index (Phi) is 12.2. The zero-order valence-corrected chi connectivity index (χ0v) is 21.7. The van der Waals surface area contributed by atoms with Crippen LogP contribution in [0.4, 0.5) is 0 Å². The van der Waals surface area contributed by atoms with Crippen LogP contribution >= 0.6 is 24.0 Å². The van der Waals surface area contributed by atoms with E-state index in [1.807, 2.05) is 38.1 Å². The summed E-state index contributed by atoms with van der Waals surface area (Å²) in [6.45, 7) is 5.29. The van der Waals surface area contributed by atoms with Crippen molar-refractivity contribution in [3.05, 3.63) is 29.8 Å². The van der Waals surface area contributed by atoms with Gasteiger partial charge in [-0.1, -0.05) is 12.1 Å². The summed E-state index contributed by atoms with van der Waals surface area (Å²) in [7, 11) is -2.97. The Morgan fingerprint density at radius 3 is 2.52 bits per heavy atom. The highest BCUT2D eigenvalue weighted by Gasteiger charge is 2.23. The van der Waals surface area contributed by atoms with E-state index in [9.17, 15) is 13.2 Å². The standard InChI is InChI=1S/C21H34N4O4S.HI/c1-4-22-21(24-16(2)12-14-30(3,27)28)23-13-11-17-5-9-19(10-6-17)29-15-20(26)25-18-7-8-18;/h5-6,9-10,16,18H,4,7-8,11-15H2,1-3H3,(H,25,26)(H2,22,23,24);1H. The van der Waals surface area contributed by atoms with E-state index in [0.29, 0.717) is 30.7 Å². The molecule has 8 nitrogen and oxygen atoms in total. The normalized spacial score (nSPS) is 14.9. The summed E-state index contributed by atoms with van der Waals surface area (Å²) in [5, 5.41) is 9.32. The maximum atomic E-state index is 11.7. The lowest BCUT2D eigenvalue weighted by molar-refractivity contribution is -0.123. The number of ether oxygens (including phenoxy) is 1. The number of hydrogen-bond donors (Lipinski definition) is 3. The van der Waals surface area contributed by atoms with E-state index in [4.69, 9.17) is 4.74 Å². The molecule has 1 fully saturated rings. The van der Waals surface area contributed by atoms with Crippen molar-refractivity contribution in [2.75, 3.05) is 31.7 Å². The largest absolute Gasteiger partial charge is 0.484 e. The summed E-state index contributed by atoms with van der Waals surface area (Å²) in [4.78, 5) is 16.2. The predicted molar refractivity (Wildman–Crippen MR) is 135 cm³/mol. The number of rotatable bonds is 12. The van der Waals surface area contributed by atoms with Crippen molar-refractivity contribution in [2.24, 2.45) is 4.99 Å². The summed E-state index contributed by atoms with van der Waals surface area (Å²) in [6.07, 6.45) is 4.67. The summed E-state index contributed by atoms with van der Waals surface area (Å²) < 4.78 is 28.1. The van der Waals surface area contributed by atoms with Crippen LogP contribution in [0.25, 0.3) is 0 Å². The van der Waals surface area contributed by atoms with Gasteiger partial charge in [-0.05, 0) is 57.2 Å². The number of nitrogens with zero attached hydrogens (tertiary/aromatic N) is 1. The van der Waals surface area contributed by atoms with E-state index in [1.54, 1.807) is 0 Å². The molecule has 3 N–H and O–H groups in total. The Morgan fingerprint density at radius 2 is 1.94 bits per heavy atom. The lowest BCUT2D eigenvalue weighted by Crippen LogP contribution is -2.43. The first-order valence-electron chi connectivity index (χ1n) is 10.5. The topological polar surface area (TPSA) is 109 Å². The molecule has 0 aromatic heterocycles. The molecule has 31 heavy (non-hydrogen) atoms. The summed E-state index contributed by atoms with van der Waals surface area (Å²) in [5.41, 5.74) is 1.12. The van der Waals surface area contributed by atoms with Crippen LogP contribution in [0.15, 0.2) is 29.3 Å². The number of halogens is 1. The SMILES string of the molecule is CCNC(=NCCc1ccc(OCC(=O)NC2CC2)cc1)NC(C)CCS(C)(=O)=O.I. The van der Waals surface area contributed by atoms with Crippen LogP contribution in [0.5, 0.6) is 5.75 Å². The molecule has 0 saturated heterocycles. The van der Waals surface area contributed by atoms with Gasteiger partial charge in [-0.3, -0.25) is 9.79 Å². The van der Waals surface area contributed by atoms with Crippen molar-refractivity contribution < 1.29 is 17.9 Å². The molecule has 1 aliphatic rings. The highest BCUT2D eigenvalue weighted by molar-refractivity contribution is 14.0. The lowest BCUT2D eigenvalue weighted by atomic mass is 10.1. The van der Waals surface area contributed by atoms with Crippen LogP contribution in [0.1, 0.15) is 38.7 Å². The van der Waals surface area contributed by atoms with Crippen LogP contribution in [0.3, 0.4) is 0 Å². The molecule has 10 heteroatoms. The van der Waals surface area contributed by atoms with E-state index in [1.165, 1.54) is 6.26 Å². The third-order valence-electron chi connectivity index (χ3n) is 4.56. The van der Waals surface area contributed by atoms with Crippen molar-refractivity contribution in [3.8, 4) is 5.75 Å². The number of amides is 1. The number of nitrogens with one attached hydrogen (secondary N) is 3. The molecule has 2 rings (SSSR count). The lowest BCUT2D eigenvalue weighted by Gasteiger charge is -2.17. The number of hydrogen-bond acceptors (Lipinski definition) is 5. The molecule has 0 bridgehead atoms. The number of sulfone groups is 1. The van der Waals surface area contributed by atoms with E-state index in [0.717, 1.165) is 31.4 Å². The maximum Gasteiger partial charge on any atom is 0.258 e. The number of benzene rings is 1. The molecule has 1 unspecified atom stereocenters. The van der Waals surface area contributed by atoms with Crippen LogP contribution in [-0.2, 0) is 21.1 Å². The van der Waals surface area contributed by atoms with Crippen molar-refractivity contribution in [1.82, 2.24) is 16.0 Å². The quantitative estimate of drug-likeness (QED) is 0.203. The molecule has 176 valence electrons. The van der Waals surface area contributed by atoms with Crippen molar-refractivity contribution in [3.63, 3.8) is 0 Å². The second-order valence-corrected chi connectivity index (χ2v) is 10.0. The van der Waals surface area contributed by atoms with Gasteiger partial charge in [0.15, 0.2) is 12.6 Å². The van der Waals surface area contributed by atoms with Gasteiger partial charge in [-0.2, -0.15) is 0 Å². The van der Waals surface area contributed by atoms with Crippen LogP contribution in [0.2, 0.25) is 0 Å². The number of carbonyl (C=O) groups excluding carboxylic acids is 1.